The molecule has 0 unspecified atom stereocenters. The number of rotatable bonds is 6. The summed E-state index contributed by atoms with van der Waals surface area (Å²) < 4.78 is 0. The van der Waals surface area contributed by atoms with Crippen molar-refractivity contribution in [1.82, 2.24) is 0 Å². The molecule has 158 valence electrons. The van der Waals surface area contributed by atoms with Crippen molar-refractivity contribution in [1.29, 1.82) is 0 Å². The lowest BCUT2D eigenvalue weighted by Gasteiger charge is -2.26. The fourth-order valence-electron chi connectivity index (χ4n) is 3.67. The van der Waals surface area contributed by atoms with Crippen LogP contribution in [0.3, 0.4) is 0 Å². The van der Waals surface area contributed by atoms with E-state index in [4.69, 9.17) is 0 Å². The van der Waals surface area contributed by atoms with Crippen LogP contribution in [-0.2, 0) is 0 Å². The summed E-state index contributed by atoms with van der Waals surface area (Å²) in [6.07, 6.45) is 6.41. The van der Waals surface area contributed by atoms with Gasteiger partial charge in [-0.15, -0.1) is 0 Å². The Bertz CT molecular complexity index is 1150. The van der Waals surface area contributed by atoms with Crippen molar-refractivity contribution >= 4 is 28.7 Å². The molecule has 0 aliphatic carbocycles. The first-order valence-corrected chi connectivity index (χ1v) is 11.0. The average Bonchev–Trinajstić information content (AvgIpc) is 2.83. The van der Waals surface area contributed by atoms with E-state index < -0.39 is 0 Å². The Kier molecular flexibility index (Phi) is 6.67. The van der Waals surface area contributed by atoms with Gasteiger partial charge in [0.05, 0.1) is 0 Å². The van der Waals surface area contributed by atoms with Crippen LogP contribution in [0.5, 0.6) is 0 Å². The van der Waals surface area contributed by atoms with Crippen molar-refractivity contribution in [2.24, 2.45) is 0 Å². The first-order chi connectivity index (χ1) is 15.6. The second-order valence-corrected chi connectivity index (χ2v) is 8.17. The first kappa shape index (κ1) is 21.4. The van der Waals surface area contributed by atoms with Gasteiger partial charge in [0.1, 0.15) is 0 Å². The quantitative estimate of drug-likeness (QED) is 0.284. The molecule has 4 rings (SSSR count). The molecule has 0 spiro atoms. The van der Waals surface area contributed by atoms with Gasteiger partial charge >= 0.3 is 0 Å². The Morgan fingerprint density at radius 3 is 1.56 bits per heavy atom. The number of aryl methyl sites for hydroxylation is 2. The van der Waals surface area contributed by atoms with Gasteiger partial charge in [-0.05, 0) is 73.9 Å². The molecule has 0 saturated heterocycles. The molecule has 1 heteroatoms. The van der Waals surface area contributed by atoms with Gasteiger partial charge in [-0.2, -0.15) is 0 Å². The molecule has 32 heavy (non-hydrogen) atoms. The van der Waals surface area contributed by atoms with Crippen molar-refractivity contribution in [3.63, 3.8) is 0 Å². The number of benzene rings is 4. The lowest BCUT2D eigenvalue weighted by molar-refractivity contribution is 1.27. The zero-order valence-corrected chi connectivity index (χ0v) is 19.0. The Labute approximate surface area is 192 Å². The molecular weight excluding hydrogens is 386 g/mol. The Morgan fingerprint density at radius 1 is 0.594 bits per heavy atom. The second kappa shape index (κ2) is 9.98. The largest absolute Gasteiger partial charge is 0.311 e. The van der Waals surface area contributed by atoms with Gasteiger partial charge in [0.15, 0.2) is 0 Å². The summed E-state index contributed by atoms with van der Waals surface area (Å²) >= 11 is 0. The number of hydrogen-bond donors (Lipinski definition) is 0. The van der Waals surface area contributed by atoms with Crippen LogP contribution in [0.25, 0.3) is 11.6 Å². The molecule has 4 aromatic rings. The minimum atomic E-state index is 1.15. The molecule has 0 atom stereocenters. The number of allylic oxidation sites excluding steroid dienone is 3. The van der Waals surface area contributed by atoms with E-state index in [1.807, 2.05) is 6.07 Å². The average molecular weight is 416 g/mol. The van der Waals surface area contributed by atoms with Crippen LogP contribution in [0.1, 0.15) is 29.2 Å². The van der Waals surface area contributed by atoms with Crippen molar-refractivity contribution in [3.8, 4) is 0 Å². The Balaban J connectivity index is 1.61. The number of anilines is 3. The smallest absolute Gasteiger partial charge is 0.0462 e. The van der Waals surface area contributed by atoms with Gasteiger partial charge in [-0.25, -0.2) is 0 Å². The number of hydrogen-bond acceptors (Lipinski definition) is 1. The third kappa shape index (κ3) is 5.25. The third-order valence-electron chi connectivity index (χ3n) is 5.60. The summed E-state index contributed by atoms with van der Waals surface area (Å²) in [4.78, 5) is 2.30. The van der Waals surface area contributed by atoms with E-state index in [2.05, 4.69) is 141 Å². The molecule has 0 aliphatic heterocycles. The summed E-state index contributed by atoms with van der Waals surface area (Å²) in [5.74, 6) is 0. The topological polar surface area (TPSA) is 3.24 Å². The Hall–Kier alpha value is -3.84. The molecule has 0 aromatic heterocycles. The van der Waals surface area contributed by atoms with Gasteiger partial charge in [0.25, 0.3) is 0 Å². The van der Waals surface area contributed by atoms with E-state index in [0.29, 0.717) is 0 Å². The van der Waals surface area contributed by atoms with Crippen molar-refractivity contribution < 1.29 is 0 Å². The summed E-state index contributed by atoms with van der Waals surface area (Å²) in [6.45, 7) is 6.40. The fraction of sp³-hybridized carbons (Fsp3) is 0.0968. The van der Waals surface area contributed by atoms with Gasteiger partial charge < -0.3 is 4.90 Å². The second-order valence-electron chi connectivity index (χ2n) is 8.17. The van der Waals surface area contributed by atoms with E-state index in [1.165, 1.54) is 27.8 Å². The van der Waals surface area contributed by atoms with Crippen LogP contribution in [-0.4, -0.2) is 0 Å². The van der Waals surface area contributed by atoms with Crippen LogP contribution in [0.4, 0.5) is 17.1 Å². The van der Waals surface area contributed by atoms with Gasteiger partial charge in [-0.1, -0.05) is 96.1 Å². The highest BCUT2D eigenvalue weighted by molar-refractivity contribution is 5.78. The monoisotopic (exact) mass is 415 g/mol. The molecule has 0 fully saturated rings. The summed E-state index contributed by atoms with van der Waals surface area (Å²) in [5.41, 5.74) is 9.65. The maximum absolute atomic E-state index is 2.30. The highest BCUT2D eigenvalue weighted by Crippen LogP contribution is 2.35. The van der Waals surface area contributed by atoms with Crippen LogP contribution >= 0.6 is 0 Å². The molecular formula is C31H29N. The van der Waals surface area contributed by atoms with Crippen LogP contribution in [0.15, 0.2) is 115 Å². The van der Waals surface area contributed by atoms with Crippen molar-refractivity contribution in [2.45, 2.75) is 20.8 Å². The molecule has 0 bridgehead atoms. The summed E-state index contributed by atoms with van der Waals surface area (Å²) in [5, 5.41) is 0. The molecule has 0 heterocycles. The SMILES string of the molecule is CC(=CC=Cc1ccccc1)c1ccc(N(c2ccc(C)cc2)c2ccc(C)cc2)cc1. The van der Waals surface area contributed by atoms with Gasteiger partial charge in [-0.3, -0.25) is 0 Å². The molecule has 0 N–H and O–H groups in total. The maximum Gasteiger partial charge on any atom is 0.0462 e. The van der Waals surface area contributed by atoms with Crippen LogP contribution < -0.4 is 4.90 Å². The van der Waals surface area contributed by atoms with Crippen LogP contribution in [0, 0.1) is 13.8 Å². The molecule has 0 radical (unpaired) electrons. The predicted octanol–water partition coefficient (Wildman–Crippen LogP) is 8.89. The minimum Gasteiger partial charge on any atom is -0.311 e. The lowest BCUT2D eigenvalue weighted by Crippen LogP contribution is -2.09. The van der Waals surface area contributed by atoms with Crippen molar-refractivity contribution in [3.05, 3.63) is 138 Å². The van der Waals surface area contributed by atoms with E-state index in [0.717, 1.165) is 17.1 Å². The summed E-state index contributed by atoms with van der Waals surface area (Å²) in [6, 6.07) is 36.6. The van der Waals surface area contributed by atoms with E-state index in [1.54, 1.807) is 0 Å². The van der Waals surface area contributed by atoms with E-state index in [9.17, 15) is 0 Å². The van der Waals surface area contributed by atoms with Gasteiger partial charge in [0, 0.05) is 17.1 Å². The lowest BCUT2D eigenvalue weighted by atomic mass is 10.1. The van der Waals surface area contributed by atoms with E-state index in [-0.39, 0.29) is 0 Å². The molecule has 0 aliphatic rings. The van der Waals surface area contributed by atoms with Crippen molar-refractivity contribution in [2.75, 3.05) is 4.90 Å². The molecule has 1 nitrogen and oxygen atoms in total. The van der Waals surface area contributed by atoms with Crippen LogP contribution in [0.2, 0.25) is 0 Å². The summed E-state index contributed by atoms with van der Waals surface area (Å²) in [7, 11) is 0. The van der Waals surface area contributed by atoms with Gasteiger partial charge in [0.2, 0.25) is 0 Å². The van der Waals surface area contributed by atoms with E-state index >= 15 is 0 Å². The normalized spacial score (nSPS) is 11.7. The standard InChI is InChI=1S/C31H29N/c1-24-12-18-29(19-13-24)32(30-20-14-25(2)15-21-30)31-22-16-28(17-23-31)26(3)8-7-11-27-9-5-4-6-10-27/h4-23H,1-3H3. The third-order valence-corrected chi connectivity index (χ3v) is 5.60. The highest BCUT2D eigenvalue weighted by Gasteiger charge is 2.12. The zero-order valence-electron chi connectivity index (χ0n) is 19.0. The molecule has 0 amide bonds. The maximum atomic E-state index is 2.30. The number of nitrogens with zero attached hydrogens (tertiary/aromatic N) is 1. The molecule has 0 saturated carbocycles. The predicted molar refractivity (Wildman–Crippen MR) is 140 cm³/mol. The first-order valence-electron chi connectivity index (χ1n) is 11.0. The molecule has 4 aromatic carbocycles. The zero-order chi connectivity index (χ0) is 22.3. The highest BCUT2D eigenvalue weighted by atomic mass is 15.1. The minimum absolute atomic E-state index is 1.15. The Morgan fingerprint density at radius 2 is 1.06 bits per heavy atom. The fourth-order valence-corrected chi connectivity index (χ4v) is 3.67.